The van der Waals surface area contributed by atoms with Gasteiger partial charge in [-0.3, -0.25) is 0 Å². The van der Waals surface area contributed by atoms with E-state index in [0.717, 1.165) is 43.9 Å². The van der Waals surface area contributed by atoms with Gasteiger partial charge in [0.2, 0.25) is 0 Å². The molecule has 5 unspecified atom stereocenters. The predicted molar refractivity (Wildman–Crippen MR) is 214 cm³/mol. The highest BCUT2D eigenvalue weighted by Gasteiger charge is 2.45. The molecule has 0 spiro atoms. The molecule has 1 heterocycles. The fourth-order valence-corrected chi connectivity index (χ4v) is 10.9. The van der Waals surface area contributed by atoms with Crippen molar-refractivity contribution in [2.45, 2.75) is 116 Å². The summed E-state index contributed by atoms with van der Waals surface area (Å²) >= 11 is 0. The summed E-state index contributed by atoms with van der Waals surface area (Å²) in [4.78, 5) is 2.85. The van der Waals surface area contributed by atoms with Gasteiger partial charge in [0.25, 0.3) is 0 Å². The van der Waals surface area contributed by atoms with Crippen molar-refractivity contribution in [3.8, 4) is 11.1 Å². The molecule has 1 aliphatic heterocycles. The van der Waals surface area contributed by atoms with Crippen LogP contribution in [0.2, 0.25) is 0 Å². The summed E-state index contributed by atoms with van der Waals surface area (Å²) in [6.07, 6.45) is 34.9. The van der Waals surface area contributed by atoms with Crippen molar-refractivity contribution in [1.29, 1.82) is 0 Å². The van der Waals surface area contributed by atoms with Crippen molar-refractivity contribution in [3.63, 3.8) is 0 Å². The van der Waals surface area contributed by atoms with Crippen LogP contribution in [0.25, 0.3) is 28.9 Å². The zero-order valence-corrected chi connectivity index (χ0v) is 30.6. The summed E-state index contributed by atoms with van der Waals surface area (Å²) in [5, 5.41) is 0. The first-order valence-electron chi connectivity index (χ1n) is 20.1. The summed E-state index contributed by atoms with van der Waals surface area (Å²) in [7, 11) is 0. The summed E-state index contributed by atoms with van der Waals surface area (Å²) in [6, 6.07) is 21.8. The van der Waals surface area contributed by atoms with E-state index in [9.17, 15) is 0 Å². The van der Waals surface area contributed by atoms with Gasteiger partial charge in [-0.2, -0.15) is 0 Å². The van der Waals surface area contributed by atoms with Crippen molar-refractivity contribution in [2.75, 3.05) is 4.90 Å². The molecule has 1 fully saturated rings. The number of rotatable bonds is 6. The number of anilines is 1. The van der Waals surface area contributed by atoms with Gasteiger partial charge in [-0.15, -0.1) is 0 Å². The van der Waals surface area contributed by atoms with E-state index in [0.29, 0.717) is 18.0 Å². The normalized spacial score (nSPS) is 26.9. The lowest BCUT2D eigenvalue weighted by Gasteiger charge is -2.43. The van der Waals surface area contributed by atoms with E-state index in [-0.39, 0.29) is 5.41 Å². The second-order valence-corrected chi connectivity index (χ2v) is 16.8. The van der Waals surface area contributed by atoms with E-state index in [4.69, 9.17) is 0 Å². The second kappa shape index (κ2) is 13.0. The molecule has 6 aliphatic rings. The van der Waals surface area contributed by atoms with E-state index in [1.165, 1.54) is 78.5 Å². The smallest absolute Gasteiger partial charge is 0.0514 e. The molecule has 3 aromatic carbocycles. The molecule has 1 saturated carbocycles. The van der Waals surface area contributed by atoms with Crippen molar-refractivity contribution in [3.05, 3.63) is 130 Å². The molecular formula is C49H55N. The molecule has 0 aromatic heterocycles. The van der Waals surface area contributed by atoms with Crippen LogP contribution in [0.4, 0.5) is 5.69 Å². The Kier molecular flexibility index (Phi) is 8.37. The SMILES string of the molecule is CCC(C)(C)C1=CCC(N2c3ccccc3C3CC(C4CC=C(c5c6c(c(-c7ccccc7)c7c5CCC=C7)CCC=C6)CC4)CCC32)C=C1. The minimum absolute atomic E-state index is 0.261. The Bertz CT molecular complexity index is 1930. The Morgan fingerprint density at radius 3 is 2.18 bits per heavy atom. The maximum absolute atomic E-state index is 2.85. The lowest BCUT2D eigenvalue weighted by molar-refractivity contribution is 0.201. The number of allylic oxidation sites excluding steroid dienone is 6. The highest BCUT2D eigenvalue weighted by molar-refractivity contribution is 5.91. The first kappa shape index (κ1) is 32.1. The Balaban J connectivity index is 0.970. The molecule has 1 nitrogen and oxygen atoms in total. The van der Waals surface area contributed by atoms with Gasteiger partial charge in [0, 0.05) is 17.6 Å². The Morgan fingerprint density at radius 1 is 0.720 bits per heavy atom. The molecule has 0 N–H and O–H groups in total. The monoisotopic (exact) mass is 657 g/mol. The number of nitrogens with zero attached hydrogens (tertiary/aromatic N) is 1. The van der Waals surface area contributed by atoms with Gasteiger partial charge in [0.15, 0.2) is 0 Å². The number of para-hydroxylation sites is 1. The largest absolute Gasteiger partial charge is 0.361 e. The Hall–Kier alpha value is -3.84. The van der Waals surface area contributed by atoms with Crippen LogP contribution in [0.1, 0.15) is 124 Å². The topological polar surface area (TPSA) is 3.24 Å². The molecule has 0 amide bonds. The molecule has 0 radical (unpaired) electrons. The average Bonchev–Trinajstić information content (AvgIpc) is 3.51. The van der Waals surface area contributed by atoms with Crippen LogP contribution in [-0.2, 0) is 12.8 Å². The van der Waals surface area contributed by atoms with Crippen LogP contribution >= 0.6 is 0 Å². The van der Waals surface area contributed by atoms with E-state index < -0.39 is 0 Å². The van der Waals surface area contributed by atoms with Crippen LogP contribution in [-0.4, -0.2) is 12.1 Å². The standard InChI is InChI=1S/C49H55N/c1-4-49(2,3)37-27-29-38(30-28-37)50-45-21-13-12-16-39(45)44-32-36(26-31-46(44)50)33-22-24-35(25-23-33)48-42-19-10-8-17-40(42)47(34-14-6-5-7-15-34)41-18-9-11-20-43(41)48/h5-8,11-17,20-21,24,27-29,33,36,38,44,46H,4,9-10,18-19,22-23,25-26,30-32H2,1-3H3. The second-order valence-electron chi connectivity index (χ2n) is 16.8. The van der Waals surface area contributed by atoms with Crippen LogP contribution in [0.3, 0.4) is 0 Å². The third-order valence-corrected chi connectivity index (χ3v) is 13.9. The Morgan fingerprint density at radius 2 is 1.46 bits per heavy atom. The third-order valence-electron chi connectivity index (χ3n) is 13.9. The minimum Gasteiger partial charge on any atom is -0.361 e. The molecule has 5 atom stereocenters. The Labute approximate surface area is 301 Å². The van der Waals surface area contributed by atoms with Crippen molar-refractivity contribution in [1.82, 2.24) is 0 Å². The first-order valence-corrected chi connectivity index (χ1v) is 20.1. The first-order chi connectivity index (χ1) is 24.5. The number of fused-ring (bicyclic) bond motifs is 5. The molecule has 1 heteroatoms. The molecule has 9 rings (SSSR count). The molecule has 50 heavy (non-hydrogen) atoms. The third kappa shape index (κ3) is 5.42. The summed E-state index contributed by atoms with van der Waals surface area (Å²) < 4.78 is 0. The average molecular weight is 658 g/mol. The summed E-state index contributed by atoms with van der Waals surface area (Å²) in [5.41, 5.74) is 17.3. The molecule has 5 aliphatic carbocycles. The fourth-order valence-electron chi connectivity index (χ4n) is 10.9. The van der Waals surface area contributed by atoms with Gasteiger partial charge in [0.05, 0.1) is 6.04 Å². The van der Waals surface area contributed by atoms with Crippen LogP contribution in [0.15, 0.2) is 96.6 Å². The number of hydrogen-bond donors (Lipinski definition) is 0. The maximum Gasteiger partial charge on any atom is 0.0514 e. The molecule has 0 saturated heterocycles. The number of benzene rings is 3. The summed E-state index contributed by atoms with van der Waals surface area (Å²) in [6.45, 7) is 7.11. The minimum atomic E-state index is 0.261. The van der Waals surface area contributed by atoms with Crippen molar-refractivity contribution >= 4 is 23.4 Å². The molecular weight excluding hydrogens is 603 g/mol. The zero-order valence-electron chi connectivity index (χ0n) is 30.6. The van der Waals surface area contributed by atoms with Gasteiger partial charge in [-0.25, -0.2) is 0 Å². The molecule has 3 aromatic rings. The van der Waals surface area contributed by atoms with E-state index in [2.05, 4.69) is 129 Å². The molecule has 0 bridgehead atoms. The van der Waals surface area contributed by atoms with E-state index in [1.54, 1.807) is 27.8 Å². The number of hydrogen-bond acceptors (Lipinski definition) is 1. The van der Waals surface area contributed by atoms with Gasteiger partial charge >= 0.3 is 0 Å². The highest BCUT2D eigenvalue weighted by Crippen LogP contribution is 2.54. The van der Waals surface area contributed by atoms with E-state index >= 15 is 0 Å². The molecule has 256 valence electrons. The summed E-state index contributed by atoms with van der Waals surface area (Å²) in [5.74, 6) is 2.30. The lowest BCUT2D eigenvalue weighted by atomic mass is 9.67. The van der Waals surface area contributed by atoms with Crippen LogP contribution in [0, 0.1) is 17.3 Å². The van der Waals surface area contributed by atoms with Crippen molar-refractivity contribution in [2.24, 2.45) is 17.3 Å². The maximum atomic E-state index is 2.85. The van der Waals surface area contributed by atoms with Gasteiger partial charge in [0.1, 0.15) is 0 Å². The van der Waals surface area contributed by atoms with Crippen molar-refractivity contribution < 1.29 is 0 Å². The zero-order chi connectivity index (χ0) is 33.8. The van der Waals surface area contributed by atoms with Crippen LogP contribution < -0.4 is 4.90 Å². The predicted octanol–water partition coefficient (Wildman–Crippen LogP) is 12.9. The quantitative estimate of drug-likeness (QED) is 0.255. The highest BCUT2D eigenvalue weighted by atomic mass is 15.2. The van der Waals surface area contributed by atoms with Crippen LogP contribution in [0.5, 0.6) is 0 Å². The van der Waals surface area contributed by atoms with Gasteiger partial charge in [-0.1, -0.05) is 118 Å². The van der Waals surface area contributed by atoms with E-state index in [1.807, 2.05) is 0 Å². The lowest BCUT2D eigenvalue weighted by Crippen LogP contribution is -2.44. The van der Waals surface area contributed by atoms with Gasteiger partial charge in [-0.05, 0) is 156 Å². The van der Waals surface area contributed by atoms with Gasteiger partial charge < -0.3 is 4.90 Å². The fraction of sp³-hybridized carbons (Fsp3) is 0.429.